The van der Waals surface area contributed by atoms with E-state index in [4.69, 9.17) is 5.73 Å². The third-order valence-corrected chi connectivity index (χ3v) is 3.91. The predicted molar refractivity (Wildman–Crippen MR) is 70.7 cm³/mol. The topological polar surface area (TPSA) is 43.8 Å². The zero-order chi connectivity index (χ0) is 12.1. The normalized spacial score (nSPS) is 19.4. The highest BCUT2D eigenvalue weighted by atomic mass is 15.2. The van der Waals surface area contributed by atoms with E-state index < -0.39 is 0 Å². The van der Waals surface area contributed by atoms with Crippen LogP contribution in [0, 0.1) is 5.92 Å². The zero-order valence-electron chi connectivity index (χ0n) is 10.9. The Morgan fingerprint density at radius 1 is 1.41 bits per heavy atom. The van der Waals surface area contributed by atoms with Gasteiger partial charge in [0.15, 0.2) is 0 Å². The molecule has 0 saturated heterocycles. The molecular formula is C14H25N3. The Bertz CT molecular complexity index is 326. The van der Waals surface area contributed by atoms with E-state index in [1.165, 1.54) is 38.5 Å². The van der Waals surface area contributed by atoms with Crippen LogP contribution in [0.1, 0.15) is 50.6 Å². The van der Waals surface area contributed by atoms with Crippen LogP contribution < -0.4 is 5.73 Å². The first-order valence-electron chi connectivity index (χ1n) is 6.98. The largest absolute Gasteiger partial charge is 0.327 e. The number of nitrogens with two attached hydrogens (primary N) is 1. The van der Waals surface area contributed by atoms with Crippen molar-refractivity contribution >= 4 is 0 Å². The van der Waals surface area contributed by atoms with Gasteiger partial charge in [-0.1, -0.05) is 32.1 Å². The number of hydrogen-bond acceptors (Lipinski definition) is 2. The number of rotatable bonds is 5. The van der Waals surface area contributed by atoms with Crippen LogP contribution in [0.2, 0.25) is 0 Å². The Labute approximate surface area is 104 Å². The molecule has 3 nitrogen and oxygen atoms in total. The van der Waals surface area contributed by atoms with Crippen LogP contribution >= 0.6 is 0 Å². The number of hydrogen-bond donors (Lipinski definition) is 1. The monoisotopic (exact) mass is 235 g/mol. The maximum absolute atomic E-state index is 6.18. The molecule has 0 radical (unpaired) electrons. The van der Waals surface area contributed by atoms with Gasteiger partial charge in [-0.3, -0.25) is 4.68 Å². The molecule has 0 bridgehead atoms. The van der Waals surface area contributed by atoms with Crippen molar-refractivity contribution in [3.63, 3.8) is 0 Å². The quantitative estimate of drug-likeness (QED) is 0.852. The van der Waals surface area contributed by atoms with E-state index >= 15 is 0 Å². The molecule has 1 aromatic heterocycles. The summed E-state index contributed by atoms with van der Waals surface area (Å²) in [6.07, 6.45) is 12.5. The fourth-order valence-corrected chi connectivity index (χ4v) is 2.87. The van der Waals surface area contributed by atoms with Gasteiger partial charge in [-0.2, -0.15) is 5.10 Å². The molecule has 1 heterocycles. The van der Waals surface area contributed by atoms with Gasteiger partial charge in [0.05, 0.1) is 5.69 Å². The highest BCUT2D eigenvalue weighted by molar-refractivity contribution is 5.00. The van der Waals surface area contributed by atoms with Crippen molar-refractivity contribution < 1.29 is 0 Å². The van der Waals surface area contributed by atoms with E-state index in [0.717, 1.165) is 24.5 Å². The van der Waals surface area contributed by atoms with Gasteiger partial charge in [-0.25, -0.2) is 0 Å². The second kappa shape index (κ2) is 6.20. The van der Waals surface area contributed by atoms with Crippen LogP contribution in [0.3, 0.4) is 0 Å². The average Bonchev–Trinajstić information content (AvgIpc) is 2.73. The Morgan fingerprint density at radius 3 is 2.82 bits per heavy atom. The van der Waals surface area contributed by atoms with Gasteiger partial charge >= 0.3 is 0 Å². The molecule has 1 aromatic rings. The average molecular weight is 235 g/mol. The van der Waals surface area contributed by atoms with Gasteiger partial charge in [0.1, 0.15) is 0 Å². The van der Waals surface area contributed by atoms with Crippen molar-refractivity contribution in [2.75, 3.05) is 0 Å². The number of nitrogens with zero attached hydrogens (tertiary/aromatic N) is 2. The van der Waals surface area contributed by atoms with E-state index in [1.54, 1.807) is 0 Å². The van der Waals surface area contributed by atoms with Crippen molar-refractivity contribution in [3.05, 3.63) is 18.0 Å². The van der Waals surface area contributed by atoms with Gasteiger partial charge in [0.25, 0.3) is 0 Å². The lowest BCUT2D eigenvalue weighted by Gasteiger charge is -2.22. The summed E-state index contributed by atoms with van der Waals surface area (Å²) < 4.78 is 1.85. The van der Waals surface area contributed by atoms with Crippen LogP contribution in [0.15, 0.2) is 12.3 Å². The Morgan fingerprint density at radius 2 is 2.18 bits per heavy atom. The zero-order valence-corrected chi connectivity index (χ0v) is 10.9. The van der Waals surface area contributed by atoms with Crippen LogP contribution in [0.4, 0.5) is 0 Å². The smallest absolute Gasteiger partial charge is 0.0639 e. The van der Waals surface area contributed by atoms with Crippen molar-refractivity contribution in [1.82, 2.24) is 9.78 Å². The SMILES string of the molecule is Cn1ccc(CC(N)CCC2CCCCC2)n1. The summed E-state index contributed by atoms with van der Waals surface area (Å²) in [6.45, 7) is 0. The van der Waals surface area contributed by atoms with Gasteiger partial charge in [-0.05, 0) is 24.8 Å². The Kier molecular flexibility index (Phi) is 4.60. The first-order valence-corrected chi connectivity index (χ1v) is 6.98. The molecule has 96 valence electrons. The third-order valence-electron chi connectivity index (χ3n) is 3.91. The molecule has 2 rings (SSSR count). The van der Waals surface area contributed by atoms with Crippen LogP contribution in [0.5, 0.6) is 0 Å². The minimum atomic E-state index is 0.284. The summed E-state index contributed by atoms with van der Waals surface area (Å²) in [4.78, 5) is 0. The molecule has 1 unspecified atom stereocenters. The summed E-state index contributed by atoms with van der Waals surface area (Å²) in [5.41, 5.74) is 7.31. The maximum Gasteiger partial charge on any atom is 0.0639 e. The molecule has 1 saturated carbocycles. The minimum absolute atomic E-state index is 0.284. The van der Waals surface area contributed by atoms with Crippen LogP contribution in [0.25, 0.3) is 0 Å². The molecule has 1 aliphatic rings. The van der Waals surface area contributed by atoms with Gasteiger partial charge in [0, 0.05) is 25.7 Å². The Hall–Kier alpha value is -0.830. The van der Waals surface area contributed by atoms with E-state index in [0.29, 0.717) is 0 Å². The van der Waals surface area contributed by atoms with E-state index in [-0.39, 0.29) is 6.04 Å². The van der Waals surface area contributed by atoms with Crippen molar-refractivity contribution in [3.8, 4) is 0 Å². The second-order valence-electron chi connectivity index (χ2n) is 5.53. The fraction of sp³-hybridized carbons (Fsp3) is 0.786. The standard InChI is InChI=1S/C14H25N3/c1-17-10-9-14(16-17)11-13(15)8-7-12-5-3-2-4-6-12/h9-10,12-13H,2-8,11,15H2,1H3. The lowest BCUT2D eigenvalue weighted by atomic mass is 9.85. The first-order chi connectivity index (χ1) is 8.24. The second-order valence-corrected chi connectivity index (χ2v) is 5.53. The van der Waals surface area contributed by atoms with E-state index in [2.05, 4.69) is 11.2 Å². The highest BCUT2D eigenvalue weighted by Crippen LogP contribution is 2.27. The molecule has 1 atom stereocenters. The van der Waals surface area contributed by atoms with Crippen molar-refractivity contribution in [2.45, 2.75) is 57.4 Å². The van der Waals surface area contributed by atoms with Gasteiger partial charge < -0.3 is 5.73 Å². The fourth-order valence-electron chi connectivity index (χ4n) is 2.87. The lowest BCUT2D eigenvalue weighted by molar-refractivity contribution is 0.322. The van der Waals surface area contributed by atoms with Crippen LogP contribution in [-0.4, -0.2) is 15.8 Å². The summed E-state index contributed by atoms with van der Waals surface area (Å²) in [5.74, 6) is 0.943. The maximum atomic E-state index is 6.18. The molecule has 1 aliphatic carbocycles. The first kappa shape index (κ1) is 12.6. The molecule has 2 N–H and O–H groups in total. The Balaban J connectivity index is 1.68. The number of aromatic nitrogens is 2. The molecule has 17 heavy (non-hydrogen) atoms. The molecule has 0 aliphatic heterocycles. The van der Waals surface area contributed by atoms with Crippen molar-refractivity contribution in [1.29, 1.82) is 0 Å². The van der Waals surface area contributed by atoms with E-state index in [1.807, 2.05) is 17.9 Å². The molecule has 0 amide bonds. The van der Waals surface area contributed by atoms with Gasteiger partial charge in [0.2, 0.25) is 0 Å². The molecular weight excluding hydrogens is 210 g/mol. The van der Waals surface area contributed by atoms with Crippen LogP contribution in [-0.2, 0) is 13.5 Å². The van der Waals surface area contributed by atoms with Gasteiger partial charge in [-0.15, -0.1) is 0 Å². The summed E-state index contributed by atoms with van der Waals surface area (Å²) >= 11 is 0. The number of aryl methyl sites for hydroxylation is 1. The molecule has 0 spiro atoms. The van der Waals surface area contributed by atoms with Crippen molar-refractivity contribution in [2.24, 2.45) is 18.7 Å². The van der Waals surface area contributed by atoms with E-state index in [9.17, 15) is 0 Å². The molecule has 0 aromatic carbocycles. The lowest BCUT2D eigenvalue weighted by Crippen LogP contribution is -2.24. The summed E-state index contributed by atoms with van der Waals surface area (Å²) in [5, 5.41) is 4.38. The summed E-state index contributed by atoms with van der Waals surface area (Å²) in [7, 11) is 1.96. The predicted octanol–water partition coefficient (Wildman–Crippen LogP) is 2.65. The summed E-state index contributed by atoms with van der Waals surface area (Å²) in [6, 6.07) is 2.35. The third kappa shape index (κ3) is 4.15. The minimum Gasteiger partial charge on any atom is -0.327 e. The molecule has 3 heteroatoms. The molecule has 1 fully saturated rings. The highest BCUT2D eigenvalue weighted by Gasteiger charge is 2.15.